The van der Waals surface area contributed by atoms with Crippen LogP contribution in [0.1, 0.15) is 22.8 Å². The fourth-order valence-corrected chi connectivity index (χ4v) is 4.15. The summed E-state index contributed by atoms with van der Waals surface area (Å²) in [5.74, 6) is 1.29. The Bertz CT molecular complexity index is 1010. The lowest BCUT2D eigenvalue weighted by Crippen LogP contribution is -2.20. The minimum atomic E-state index is -0.366. The summed E-state index contributed by atoms with van der Waals surface area (Å²) < 4.78 is 16.2. The van der Waals surface area contributed by atoms with E-state index in [1.54, 1.807) is 36.4 Å². The van der Waals surface area contributed by atoms with Gasteiger partial charge in [0.25, 0.3) is 5.91 Å². The number of carbonyl (C=O) groups is 2. The molecule has 3 aromatic rings. The minimum Gasteiger partial charge on any atom is -0.494 e. The topological polar surface area (TPSA) is 99.6 Å². The first kappa shape index (κ1) is 22.6. The predicted molar refractivity (Wildman–Crippen MR) is 119 cm³/mol. The molecule has 10 heteroatoms. The first-order valence-corrected chi connectivity index (χ1v) is 11.2. The summed E-state index contributed by atoms with van der Waals surface area (Å²) in [4.78, 5) is 23.6. The van der Waals surface area contributed by atoms with Crippen LogP contribution in [0.4, 0.5) is 5.13 Å². The van der Waals surface area contributed by atoms with Gasteiger partial charge in [-0.1, -0.05) is 35.2 Å². The molecule has 162 valence electrons. The molecular weight excluding hydrogens is 438 g/mol. The highest BCUT2D eigenvalue weighted by Gasteiger charge is 2.10. The molecule has 0 atom stereocenters. The van der Waals surface area contributed by atoms with E-state index in [1.165, 1.54) is 30.2 Å². The van der Waals surface area contributed by atoms with Crippen LogP contribution in [0.3, 0.4) is 0 Å². The molecule has 1 amide bonds. The average Bonchev–Trinajstić information content (AvgIpc) is 3.24. The first-order chi connectivity index (χ1) is 15.1. The Morgan fingerprint density at radius 2 is 1.68 bits per heavy atom. The van der Waals surface area contributed by atoms with Crippen LogP contribution in [-0.2, 0) is 15.3 Å². The largest absolute Gasteiger partial charge is 0.494 e. The van der Waals surface area contributed by atoms with Crippen LogP contribution in [0.5, 0.6) is 11.5 Å². The number of esters is 1. The zero-order valence-corrected chi connectivity index (χ0v) is 18.6. The van der Waals surface area contributed by atoms with Crippen LogP contribution in [-0.4, -0.2) is 42.4 Å². The SMILES string of the molecule is CCOc1ccc(OCC(=O)Nc2nnc(SCc3ccc(C(=O)OC)cc3)s2)cc1. The van der Waals surface area contributed by atoms with Crippen molar-refractivity contribution in [3.05, 3.63) is 59.7 Å². The van der Waals surface area contributed by atoms with Gasteiger partial charge in [-0.05, 0) is 48.9 Å². The Balaban J connectivity index is 1.43. The Labute approximate surface area is 187 Å². The number of hydrogen-bond donors (Lipinski definition) is 1. The molecule has 31 heavy (non-hydrogen) atoms. The summed E-state index contributed by atoms with van der Waals surface area (Å²) in [5, 5.41) is 11.1. The first-order valence-electron chi connectivity index (χ1n) is 9.36. The van der Waals surface area contributed by atoms with E-state index in [4.69, 9.17) is 9.47 Å². The van der Waals surface area contributed by atoms with Gasteiger partial charge in [-0.3, -0.25) is 10.1 Å². The van der Waals surface area contributed by atoms with Gasteiger partial charge in [0.05, 0.1) is 19.3 Å². The molecule has 0 saturated heterocycles. The fourth-order valence-electron chi connectivity index (χ4n) is 2.42. The maximum atomic E-state index is 12.1. The van der Waals surface area contributed by atoms with E-state index in [1.807, 2.05) is 19.1 Å². The second-order valence-corrected chi connectivity index (χ2v) is 8.29. The molecule has 0 spiro atoms. The number of methoxy groups -OCH3 is 1. The lowest BCUT2D eigenvalue weighted by atomic mass is 10.1. The Morgan fingerprint density at radius 3 is 2.32 bits per heavy atom. The van der Waals surface area contributed by atoms with Crippen LogP contribution in [0.15, 0.2) is 52.9 Å². The van der Waals surface area contributed by atoms with Gasteiger partial charge in [-0.15, -0.1) is 10.2 Å². The van der Waals surface area contributed by atoms with Crippen molar-refractivity contribution < 1.29 is 23.8 Å². The molecule has 0 saturated carbocycles. The molecule has 3 rings (SSSR count). The number of thioether (sulfide) groups is 1. The molecule has 0 unspecified atom stereocenters. The van der Waals surface area contributed by atoms with Crippen LogP contribution in [0.25, 0.3) is 0 Å². The summed E-state index contributed by atoms with van der Waals surface area (Å²) in [6, 6.07) is 14.2. The second kappa shape index (κ2) is 11.3. The number of aromatic nitrogens is 2. The van der Waals surface area contributed by atoms with Gasteiger partial charge in [-0.25, -0.2) is 4.79 Å². The normalized spacial score (nSPS) is 10.4. The molecule has 1 heterocycles. The van der Waals surface area contributed by atoms with Crippen LogP contribution in [0, 0.1) is 0 Å². The molecule has 1 N–H and O–H groups in total. The third-order valence-electron chi connectivity index (χ3n) is 3.89. The van der Waals surface area contributed by atoms with Gasteiger partial charge in [0.2, 0.25) is 5.13 Å². The highest BCUT2D eigenvalue weighted by atomic mass is 32.2. The third-order valence-corrected chi connectivity index (χ3v) is 5.94. The molecule has 0 bridgehead atoms. The summed E-state index contributed by atoms with van der Waals surface area (Å²) in [7, 11) is 1.35. The standard InChI is InChI=1S/C21H21N3O5S2/c1-3-28-16-8-10-17(11-9-16)29-12-18(25)22-20-23-24-21(31-20)30-13-14-4-6-15(7-5-14)19(26)27-2/h4-11H,3,12-13H2,1-2H3,(H,22,23,25). The summed E-state index contributed by atoms with van der Waals surface area (Å²) in [6.07, 6.45) is 0. The number of ether oxygens (including phenoxy) is 3. The van der Waals surface area contributed by atoms with E-state index in [2.05, 4.69) is 20.3 Å². The van der Waals surface area contributed by atoms with E-state index in [-0.39, 0.29) is 18.5 Å². The lowest BCUT2D eigenvalue weighted by molar-refractivity contribution is -0.118. The fraction of sp³-hybridized carbons (Fsp3) is 0.238. The van der Waals surface area contributed by atoms with E-state index >= 15 is 0 Å². The Hall–Kier alpha value is -3.11. The van der Waals surface area contributed by atoms with Gasteiger partial charge in [-0.2, -0.15) is 0 Å². The minimum absolute atomic E-state index is 0.136. The van der Waals surface area contributed by atoms with Crippen LogP contribution >= 0.6 is 23.1 Å². The van der Waals surface area contributed by atoms with Gasteiger partial charge in [0, 0.05) is 5.75 Å². The summed E-state index contributed by atoms with van der Waals surface area (Å²) in [6.45, 7) is 2.37. The van der Waals surface area contributed by atoms with Crippen molar-refractivity contribution in [3.8, 4) is 11.5 Å². The van der Waals surface area contributed by atoms with Crippen LogP contribution in [0.2, 0.25) is 0 Å². The van der Waals surface area contributed by atoms with E-state index in [9.17, 15) is 9.59 Å². The van der Waals surface area contributed by atoms with Gasteiger partial charge in [0.15, 0.2) is 10.9 Å². The van der Waals surface area contributed by atoms with Crippen molar-refractivity contribution in [2.75, 3.05) is 25.6 Å². The lowest BCUT2D eigenvalue weighted by Gasteiger charge is -2.07. The molecule has 8 nitrogen and oxygen atoms in total. The van der Waals surface area contributed by atoms with Crippen LogP contribution < -0.4 is 14.8 Å². The zero-order valence-electron chi connectivity index (χ0n) is 17.0. The average molecular weight is 460 g/mol. The molecule has 1 aromatic heterocycles. The number of benzene rings is 2. The number of amides is 1. The number of hydrogen-bond acceptors (Lipinski definition) is 9. The molecular formula is C21H21N3O5S2. The number of rotatable bonds is 10. The van der Waals surface area contributed by atoms with Crippen molar-refractivity contribution in [3.63, 3.8) is 0 Å². The molecule has 0 fully saturated rings. The number of carbonyl (C=O) groups excluding carboxylic acids is 2. The maximum absolute atomic E-state index is 12.1. The number of anilines is 1. The van der Waals surface area contributed by atoms with Crippen molar-refractivity contribution in [2.45, 2.75) is 17.0 Å². The number of nitrogens with one attached hydrogen (secondary N) is 1. The molecule has 0 radical (unpaired) electrons. The smallest absolute Gasteiger partial charge is 0.337 e. The van der Waals surface area contributed by atoms with E-state index < -0.39 is 0 Å². The quantitative estimate of drug-likeness (QED) is 0.276. The Kier molecular flexibility index (Phi) is 8.25. The predicted octanol–water partition coefficient (Wildman–Crippen LogP) is 4.03. The van der Waals surface area contributed by atoms with Crippen molar-refractivity contribution in [2.24, 2.45) is 0 Å². The highest BCUT2D eigenvalue weighted by molar-refractivity contribution is 8.00. The maximum Gasteiger partial charge on any atom is 0.337 e. The monoisotopic (exact) mass is 459 g/mol. The summed E-state index contributed by atoms with van der Waals surface area (Å²) >= 11 is 2.78. The molecule has 0 aliphatic heterocycles. The van der Waals surface area contributed by atoms with Gasteiger partial charge < -0.3 is 14.2 Å². The van der Waals surface area contributed by atoms with Crippen molar-refractivity contribution >= 4 is 40.1 Å². The molecule has 0 aliphatic carbocycles. The zero-order chi connectivity index (χ0) is 22.1. The molecule has 2 aromatic carbocycles. The third kappa shape index (κ3) is 6.97. The molecule has 0 aliphatic rings. The number of nitrogens with zero attached hydrogens (tertiary/aromatic N) is 2. The van der Waals surface area contributed by atoms with Crippen molar-refractivity contribution in [1.82, 2.24) is 10.2 Å². The second-order valence-electron chi connectivity index (χ2n) is 6.09. The van der Waals surface area contributed by atoms with Gasteiger partial charge >= 0.3 is 5.97 Å². The summed E-state index contributed by atoms with van der Waals surface area (Å²) in [5.41, 5.74) is 1.53. The van der Waals surface area contributed by atoms with E-state index in [0.717, 1.165) is 15.7 Å². The Morgan fingerprint density at radius 1 is 1.00 bits per heavy atom. The van der Waals surface area contributed by atoms with Crippen molar-refractivity contribution in [1.29, 1.82) is 0 Å². The van der Waals surface area contributed by atoms with Gasteiger partial charge in [0.1, 0.15) is 11.5 Å². The highest BCUT2D eigenvalue weighted by Crippen LogP contribution is 2.28. The van der Waals surface area contributed by atoms with E-state index in [0.29, 0.717) is 28.8 Å².